The van der Waals surface area contributed by atoms with Gasteiger partial charge in [-0.15, -0.1) is 0 Å². The van der Waals surface area contributed by atoms with Crippen molar-refractivity contribution in [2.45, 2.75) is 26.2 Å². The van der Waals surface area contributed by atoms with Gasteiger partial charge in [0.25, 0.3) is 11.1 Å². The van der Waals surface area contributed by atoms with E-state index in [0.717, 1.165) is 21.8 Å². The monoisotopic (exact) mass is 547 g/mol. The number of hydrogen-bond acceptors (Lipinski definition) is 5. The van der Waals surface area contributed by atoms with Crippen LogP contribution in [0.5, 0.6) is 0 Å². The zero-order chi connectivity index (χ0) is 27.3. The van der Waals surface area contributed by atoms with Crippen LogP contribution in [0.1, 0.15) is 22.6 Å². The number of benzene rings is 2. The van der Waals surface area contributed by atoms with Crippen LogP contribution in [0.2, 0.25) is 0 Å². The van der Waals surface area contributed by atoms with Gasteiger partial charge in [0.2, 0.25) is 5.13 Å². The molecule has 11 heteroatoms. The highest BCUT2D eigenvalue weighted by atomic mass is 32.1. The van der Waals surface area contributed by atoms with Gasteiger partial charge in [0.05, 0.1) is 39.9 Å². The second kappa shape index (κ2) is 9.35. The summed E-state index contributed by atoms with van der Waals surface area (Å²) in [5, 5.41) is 0.739. The summed E-state index contributed by atoms with van der Waals surface area (Å²) in [6, 6.07) is 22.0. The number of pyridine rings is 2. The largest absolute Gasteiger partial charge is 0.433 e. The van der Waals surface area contributed by atoms with E-state index in [2.05, 4.69) is 9.97 Å². The number of aryl methyl sites for hydroxylation is 1. The summed E-state index contributed by atoms with van der Waals surface area (Å²) < 4.78 is 45.0. The number of alkyl halides is 3. The minimum absolute atomic E-state index is 0.0598. The molecule has 0 aliphatic carbocycles. The van der Waals surface area contributed by atoms with Crippen molar-refractivity contribution in [1.29, 1.82) is 0 Å². The summed E-state index contributed by atoms with van der Waals surface area (Å²) in [7, 11) is 0. The maximum absolute atomic E-state index is 14.0. The van der Waals surface area contributed by atoms with Crippen molar-refractivity contribution in [2.75, 3.05) is 0 Å². The van der Waals surface area contributed by atoms with E-state index in [0.29, 0.717) is 22.9 Å². The molecule has 0 spiro atoms. The molecule has 4 aromatic heterocycles. The van der Waals surface area contributed by atoms with Crippen LogP contribution >= 0.6 is 11.3 Å². The van der Waals surface area contributed by atoms with Crippen molar-refractivity contribution in [2.24, 2.45) is 0 Å². The Morgan fingerprint density at radius 1 is 0.872 bits per heavy atom. The SMILES string of the molecule is Cc1c2c(=O)n(-c3nc4ccccc4s3)n(Cc3ccccc3)c2cc(=O)n1Cc1cccc(C(F)(F)F)n1. The highest BCUT2D eigenvalue weighted by molar-refractivity contribution is 7.20. The Hall–Kier alpha value is -4.51. The lowest BCUT2D eigenvalue weighted by molar-refractivity contribution is -0.141. The Morgan fingerprint density at radius 2 is 1.62 bits per heavy atom. The van der Waals surface area contributed by atoms with Crippen LogP contribution in [0.15, 0.2) is 88.5 Å². The Morgan fingerprint density at radius 3 is 2.36 bits per heavy atom. The molecule has 0 saturated heterocycles. The lowest BCUT2D eigenvalue weighted by Crippen LogP contribution is -2.24. The average molecular weight is 548 g/mol. The smallest absolute Gasteiger partial charge is 0.306 e. The molecule has 0 aliphatic heterocycles. The molecule has 2 aromatic carbocycles. The quantitative estimate of drug-likeness (QED) is 0.290. The predicted octanol–water partition coefficient (Wildman–Crippen LogP) is 5.38. The number of fused-ring (bicyclic) bond motifs is 2. The summed E-state index contributed by atoms with van der Waals surface area (Å²) >= 11 is 1.35. The van der Waals surface area contributed by atoms with E-state index >= 15 is 0 Å². The molecule has 0 saturated carbocycles. The minimum Gasteiger partial charge on any atom is -0.306 e. The number of hydrogen-bond donors (Lipinski definition) is 0. The van der Waals surface area contributed by atoms with Gasteiger partial charge in [-0.05, 0) is 36.8 Å². The summed E-state index contributed by atoms with van der Waals surface area (Å²) in [6.07, 6.45) is -4.61. The van der Waals surface area contributed by atoms with Crippen LogP contribution in [-0.2, 0) is 19.3 Å². The highest BCUT2D eigenvalue weighted by Gasteiger charge is 2.32. The van der Waals surface area contributed by atoms with Gasteiger partial charge >= 0.3 is 6.18 Å². The molecular weight excluding hydrogens is 527 g/mol. The summed E-state index contributed by atoms with van der Waals surface area (Å²) in [4.78, 5) is 35.7. The third kappa shape index (κ3) is 4.44. The first-order valence-electron chi connectivity index (χ1n) is 12.0. The fourth-order valence-corrected chi connectivity index (χ4v) is 5.65. The van der Waals surface area contributed by atoms with Crippen LogP contribution in [0.4, 0.5) is 13.2 Å². The number of rotatable bonds is 5. The molecule has 0 amide bonds. The zero-order valence-electron chi connectivity index (χ0n) is 20.5. The number of aromatic nitrogens is 5. The molecule has 0 unspecified atom stereocenters. The van der Waals surface area contributed by atoms with Gasteiger partial charge in [-0.1, -0.05) is 59.9 Å². The standard InChI is InChI=1S/C28H20F3N5O2S/c1-17-25-21(14-24(37)34(17)16-19-10-7-13-23(32-19)28(29,30)31)35(15-18-8-3-2-4-9-18)36(26(25)38)27-33-20-11-5-6-12-22(20)39-27/h2-14H,15-16H2,1H3. The van der Waals surface area contributed by atoms with Crippen LogP contribution in [0, 0.1) is 6.92 Å². The molecule has 4 heterocycles. The number of nitrogens with zero attached hydrogens (tertiary/aromatic N) is 5. The summed E-state index contributed by atoms with van der Waals surface area (Å²) in [5.74, 6) is 0. The minimum atomic E-state index is -4.61. The van der Waals surface area contributed by atoms with E-state index in [1.807, 2.05) is 54.6 Å². The number of thiazole rings is 1. The fraction of sp³-hybridized carbons (Fsp3) is 0.143. The van der Waals surface area contributed by atoms with Crippen molar-refractivity contribution in [3.63, 3.8) is 0 Å². The molecule has 0 N–H and O–H groups in total. The number of para-hydroxylation sites is 1. The van der Waals surface area contributed by atoms with Gasteiger partial charge in [-0.25, -0.2) is 9.97 Å². The van der Waals surface area contributed by atoms with Gasteiger partial charge in [0.1, 0.15) is 5.69 Å². The van der Waals surface area contributed by atoms with Crippen LogP contribution in [-0.4, -0.2) is 23.9 Å². The van der Waals surface area contributed by atoms with E-state index in [1.54, 1.807) is 11.6 Å². The first-order valence-corrected chi connectivity index (χ1v) is 12.8. The second-order valence-corrected chi connectivity index (χ2v) is 10.1. The normalized spacial score (nSPS) is 12.0. The predicted molar refractivity (Wildman–Crippen MR) is 144 cm³/mol. The van der Waals surface area contributed by atoms with Crippen molar-refractivity contribution in [1.82, 2.24) is 23.9 Å². The van der Waals surface area contributed by atoms with E-state index in [1.165, 1.54) is 38.8 Å². The Kier molecular flexibility index (Phi) is 5.95. The van der Waals surface area contributed by atoms with Gasteiger partial charge in [-0.3, -0.25) is 14.3 Å². The van der Waals surface area contributed by atoms with Crippen LogP contribution in [0.3, 0.4) is 0 Å². The van der Waals surface area contributed by atoms with E-state index in [9.17, 15) is 22.8 Å². The first kappa shape index (κ1) is 24.8. The molecule has 196 valence electrons. The maximum Gasteiger partial charge on any atom is 0.433 e. The lowest BCUT2D eigenvalue weighted by Gasteiger charge is -2.13. The van der Waals surface area contributed by atoms with Gasteiger partial charge in [0.15, 0.2) is 0 Å². The highest BCUT2D eigenvalue weighted by Crippen LogP contribution is 2.28. The third-order valence-electron chi connectivity index (χ3n) is 6.53. The molecule has 0 fully saturated rings. The molecule has 39 heavy (non-hydrogen) atoms. The molecule has 7 nitrogen and oxygen atoms in total. The van der Waals surface area contributed by atoms with Crippen LogP contribution in [0.25, 0.3) is 26.3 Å². The topological polar surface area (TPSA) is 74.7 Å². The van der Waals surface area contributed by atoms with Gasteiger partial charge in [-0.2, -0.15) is 17.9 Å². The number of halogens is 3. The Balaban J connectivity index is 1.56. The maximum atomic E-state index is 14.0. The molecule has 0 radical (unpaired) electrons. The average Bonchev–Trinajstić information content (AvgIpc) is 3.45. The molecule has 6 aromatic rings. The molecule has 0 aliphatic rings. The molecule has 0 bridgehead atoms. The van der Waals surface area contributed by atoms with E-state index in [-0.39, 0.29) is 23.2 Å². The summed E-state index contributed by atoms with van der Waals surface area (Å²) in [6.45, 7) is 1.71. The van der Waals surface area contributed by atoms with Crippen molar-refractivity contribution >= 4 is 32.5 Å². The zero-order valence-corrected chi connectivity index (χ0v) is 21.3. The Labute approximate surface area is 223 Å². The van der Waals surface area contributed by atoms with Crippen molar-refractivity contribution in [3.05, 3.63) is 122 Å². The molecule has 0 atom stereocenters. The first-order chi connectivity index (χ1) is 18.7. The Bertz CT molecular complexity index is 1940. The van der Waals surface area contributed by atoms with Gasteiger partial charge < -0.3 is 4.57 Å². The van der Waals surface area contributed by atoms with E-state index < -0.39 is 17.4 Å². The van der Waals surface area contributed by atoms with Gasteiger partial charge in [0, 0.05) is 11.8 Å². The lowest BCUT2D eigenvalue weighted by atomic mass is 10.2. The fourth-order valence-electron chi connectivity index (χ4n) is 4.68. The van der Waals surface area contributed by atoms with Crippen molar-refractivity contribution in [3.8, 4) is 5.13 Å². The molecule has 6 rings (SSSR count). The third-order valence-corrected chi connectivity index (χ3v) is 7.54. The van der Waals surface area contributed by atoms with Crippen LogP contribution < -0.4 is 11.1 Å². The van der Waals surface area contributed by atoms with E-state index in [4.69, 9.17) is 0 Å². The molecular formula is C28H20F3N5O2S. The second-order valence-electron chi connectivity index (χ2n) is 9.05. The summed E-state index contributed by atoms with van der Waals surface area (Å²) in [5.41, 5.74) is 0.601. The van der Waals surface area contributed by atoms with Crippen molar-refractivity contribution < 1.29 is 13.2 Å².